The highest BCUT2D eigenvalue weighted by atomic mass is 16.5. The van der Waals surface area contributed by atoms with Gasteiger partial charge in [-0.05, 0) is 64.2 Å². The molecule has 2 unspecified atom stereocenters. The highest BCUT2D eigenvalue weighted by molar-refractivity contribution is 5.76. The summed E-state index contributed by atoms with van der Waals surface area (Å²) in [4.78, 5) is 24.6. The van der Waals surface area contributed by atoms with Crippen LogP contribution in [0.25, 0.3) is 0 Å². The van der Waals surface area contributed by atoms with E-state index < -0.39 is 12.1 Å². The number of carbonyl (C=O) groups excluding carboxylic acids is 2. The van der Waals surface area contributed by atoms with E-state index in [4.69, 9.17) is 4.74 Å². The molecule has 0 aromatic heterocycles. The van der Waals surface area contributed by atoms with E-state index in [2.05, 4.69) is 43.5 Å². The van der Waals surface area contributed by atoms with Gasteiger partial charge >= 0.3 is 5.97 Å². The van der Waals surface area contributed by atoms with E-state index in [9.17, 15) is 19.8 Å². The fourth-order valence-electron chi connectivity index (χ4n) is 9.78. The molecule has 6 nitrogen and oxygen atoms in total. The molecular weight excluding hydrogens is 875 g/mol. The minimum atomic E-state index is -0.851. The SMILES string of the molecule is CCCCCC/C=C\C/C=C\CCCCCCCC(=O)OCCCCCCCCCCCCCCCCCCC(=O)NC(CO)C(O)/C=C/CCCCCCCCCCCCCCCCCCCCCC. The van der Waals surface area contributed by atoms with Crippen molar-refractivity contribution in [1.82, 2.24) is 5.32 Å². The number of hydrogen-bond acceptors (Lipinski definition) is 5. The van der Waals surface area contributed by atoms with Gasteiger partial charge in [-0.3, -0.25) is 9.59 Å². The first kappa shape index (κ1) is 69.1. The molecule has 0 bridgehead atoms. The van der Waals surface area contributed by atoms with Gasteiger partial charge in [0.2, 0.25) is 5.91 Å². The summed E-state index contributed by atoms with van der Waals surface area (Å²) in [5.41, 5.74) is 0. The van der Waals surface area contributed by atoms with Crippen molar-refractivity contribution < 1.29 is 24.5 Å². The molecule has 0 saturated heterocycles. The van der Waals surface area contributed by atoms with Crippen molar-refractivity contribution in [3.8, 4) is 0 Å². The summed E-state index contributed by atoms with van der Waals surface area (Å²) in [5.74, 6) is -0.0833. The average molecular weight is 999 g/mol. The predicted octanol–water partition coefficient (Wildman–Crippen LogP) is 20.0. The van der Waals surface area contributed by atoms with Crippen LogP contribution in [0.2, 0.25) is 0 Å². The van der Waals surface area contributed by atoms with Crippen LogP contribution in [0.1, 0.15) is 341 Å². The van der Waals surface area contributed by atoms with E-state index in [-0.39, 0.29) is 18.5 Å². The Hall–Kier alpha value is -1.92. The summed E-state index contributed by atoms with van der Waals surface area (Å²) in [6.07, 6.45) is 76.1. The maximum Gasteiger partial charge on any atom is 0.305 e. The second kappa shape index (κ2) is 60.6. The maximum absolute atomic E-state index is 12.5. The third kappa shape index (κ3) is 57.2. The summed E-state index contributed by atoms with van der Waals surface area (Å²) in [6, 6.07) is -0.635. The zero-order valence-electron chi connectivity index (χ0n) is 47.7. The summed E-state index contributed by atoms with van der Waals surface area (Å²) in [5, 5.41) is 23.2. The molecule has 0 aromatic rings. The molecule has 0 saturated carbocycles. The monoisotopic (exact) mass is 998 g/mol. The zero-order valence-corrected chi connectivity index (χ0v) is 47.7. The predicted molar refractivity (Wildman–Crippen MR) is 310 cm³/mol. The minimum Gasteiger partial charge on any atom is -0.466 e. The maximum atomic E-state index is 12.5. The van der Waals surface area contributed by atoms with Gasteiger partial charge < -0.3 is 20.3 Å². The van der Waals surface area contributed by atoms with Gasteiger partial charge in [0.15, 0.2) is 0 Å². The van der Waals surface area contributed by atoms with Crippen molar-refractivity contribution in [3.05, 3.63) is 36.5 Å². The first-order valence-corrected chi connectivity index (χ1v) is 31.8. The van der Waals surface area contributed by atoms with Crippen LogP contribution in [-0.2, 0) is 14.3 Å². The number of amides is 1. The van der Waals surface area contributed by atoms with Crippen LogP contribution in [0.3, 0.4) is 0 Å². The molecule has 0 heterocycles. The van der Waals surface area contributed by atoms with Crippen LogP contribution < -0.4 is 5.32 Å². The lowest BCUT2D eigenvalue weighted by molar-refractivity contribution is -0.143. The number of esters is 1. The molecule has 0 aliphatic carbocycles. The van der Waals surface area contributed by atoms with E-state index in [1.807, 2.05) is 6.08 Å². The Labute approximate surface area is 443 Å². The number of carbonyl (C=O) groups is 2. The fraction of sp³-hybridized carbons (Fsp3) is 0.877. The second-order valence-corrected chi connectivity index (χ2v) is 21.7. The number of ether oxygens (including phenoxy) is 1. The molecule has 71 heavy (non-hydrogen) atoms. The van der Waals surface area contributed by atoms with Crippen molar-refractivity contribution in [2.45, 2.75) is 353 Å². The van der Waals surface area contributed by atoms with Gasteiger partial charge in [0.25, 0.3) is 0 Å². The topological polar surface area (TPSA) is 95.9 Å². The van der Waals surface area contributed by atoms with Gasteiger partial charge in [-0.1, -0.05) is 301 Å². The van der Waals surface area contributed by atoms with E-state index in [0.717, 1.165) is 57.8 Å². The molecule has 2 atom stereocenters. The van der Waals surface area contributed by atoms with Crippen LogP contribution in [0, 0.1) is 0 Å². The Balaban J connectivity index is 3.46. The minimum absolute atomic E-state index is 0.0109. The van der Waals surface area contributed by atoms with Crippen LogP contribution >= 0.6 is 0 Å². The van der Waals surface area contributed by atoms with Crippen molar-refractivity contribution in [3.63, 3.8) is 0 Å². The third-order valence-corrected chi connectivity index (χ3v) is 14.7. The van der Waals surface area contributed by atoms with E-state index in [0.29, 0.717) is 19.4 Å². The number of aliphatic hydroxyl groups is 2. The molecule has 0 radical (unpaired) electrons. The molecule has 0 spiro atoms. The Kier molecular flexibility index (Phi) is 59.0. The van der Waals surface area contributed by atoms with Gasteiger partial charge in [-0.25, -0.2) is 0 Å². The summed E-state index contributed by atoms with van der Waals surface area (Å²) in [6.45, 7) is 4.89. The molecule has 418 valence electrons. The average Bonchev–Trinajstić information content (AvgIpc) is 3.37. The van der Waals surface area contributed by atoms with Crippen LogP contribution in [0.5, 0.6) is 0 Å². The molecule has 0 fully saturated rings. The molecule has 6 heteroatoms. The van der Waals surface area contributed by atoms with E-state index >= 15 is 0 Å². The quantitative estimate of drug-likeness (QED) is 0.0321. The first-order chi connectivity index (χ1) is 35.0. The molecule has 1 amide bonds. The second-order valence-electron chi connectivity index (χ2n) is 21.7. The highest BCUT2D eigenvalue weighted by Crippen LogP contribution is 2.18. The van der Waals surface area contributed by atoms with Crippen LogP contribution in [0.15, 0.2) is 36.5 Å². The molecular formula is C65H123NO5. The normalized spacial score (nSPS) is 12.8. The summed E-state index contributed by atoms with van der Waals surface area (Å²) < 4.78 is 5.48. The van der Waals surface area contributed by atoms with Gasteiger partial charge in [0, 0.05) is 12.8 Å². The van der Waals surface area contributed by atoms with Gasteiger partial charge in [0.05, 0.1) is 25.4 Å². The van der Waals surface area contributed by atoms with Crippen LogP contribution in [-0.4, -0.2) is 47.4 Å². The number of allylic oxidation sites excluding steroid dienone is 5. The van der Waals surface area contributed by atoms with Gasteiger partial charge in [-0.2, -0.15) is 0 Å². The number of nitrogens with one attached hydrogen (secondary N) is 1. The van der Waals surface area contributed by atoms with Crippen molar-refractivity contribution in [2.75, 3.05) is 13.2 Å². The smallest absolute Gasteiger partial charge is 0.305 e. The number of aliphatic hydroxyl groups excluding tert-OH is 2. The van der Waals surface area contributed by atoms with Crippen molar-refractivity contribution in [2.24, 2.45) is 0 Å². The molecule has 0 aromatic carbocycles. The number of hydrogen-bond donors (Lipinski definition) is 3. The fourth-order valence-corrected chi connectivity index (χ4v) is 9.78. The number of unbranched alkanes of at least 4 members (excludes halogenated alkanes) is 44. The summed E-state index contributed by atoms with van der Waals surface area (Å²) >= 11 is 0. The van der Waals surface area contributed by atoms with Crippen molar-refractivity contribution in [1.29, 1.82) is 0 Å². The largest absolute Gasteiger partial charge is 0.466 e. The lowest BCUT2D eigenvalue weighted by Gasteiger charge is -2.20. The Morgan fingerprint density at radius 1 is 0.394 bits per heavy atom. The first-order valence-electron chi connectivity index (χ1n) is 31.8. The molecule has 0 rings (SSSR count). The Morgan fingerprint density at radius 2 is 0.704 bits per heavy atom. The van der Waals surface area contributed by atoms with E-state index in [1.54, 1.807) is 6.08 Å². The molecule has 3 N–H and O–H groups in total. The van der Waals surface area contributed by atoms with Gasteiger partial charge in [0.1, 0.15) is 0 Å². The Bertz CT molecular complexity index is 1150. The summed E-state index contributed by atoms with van der Waals surface area (Å²) in [7, 11) is 0. The highest BCUT2D eigenvalue weighted by Gasteiger charge is 2.18. The third-order valence-electron chi connectivity index (χ3n) is 14.7. The standard InChI is InChI=1S/C65H123NO5/c1-3-5-7-9-11-13-15-17-19-21-22-23-24-25-26-29-33-37-41-45-49-53-57-63(68)62(61-67)66-64(69)58-54-50-46-42-38-34-30-27-28-32-36-40-44-48-52-56-60-71-65(70)59-55-51-47-43-39-35-31-20-18-16-14-12-10-8-6-4-2/h14,16,20,31,53,57,62-63,67-68H,3-13,15,17-19,21-30,32-52,54-56,58-61H2,1-2H3,(H,66,69)/b16-14-,31-20-,57-53+. The lowest BCUT2D eigenvalue weighted by Crippen LogP contribution is -2.45. The zero-order chi connectivity index (χ0) is 51.4. The van der Waals surface area contributed by atoms with E-state index in [1.165, 1.54) is 257 Å². The number of rotatable bonds is 59. The molecule has 0 aliphatic rings. The lowest BCUT2D eigenvalue weighted by atomic mass is 10.0. The van der Waals surface area contributed by atoms with Crippen molar-refractivity contribution >= 4 is 11.9 Å². The van der Waals surface area contributed by atoms with Gasteiger partial charge in [-0.15, -0.1) is 0 Å². The Morgan fingerprint density at radius 3 is 1.08 bits per heavy atom. The molecule has 0 aliphatic heterocycles. The van der Waals surface area contributed by atoms with Crippen LogP contribution in [0.4, 0.5) is 0 Å².